The molecule has 1 aromatic rings. The van der Waals surface area contributed by atoms with E-state index in [0.717, 1.165) is 24.4 Å². The van der Waals surface area contributed by atoms with Gasteiger partial charge in [-0.05, 0) is 38.0 Å². The third-order valence-electron chi connectivity index (χ3n) is 3.42. The van der Waals surface area contributed by atoms with Gasteiger partial charge in [-0.3, -0.25) is 0 Å². The number of rotatable bonds is 2. The highest BCUT2D eigenvalue weighted by molar-refractivity contribution is 5.97. The predicted octanol–water partition coefficient (Wildman–Crippen LogP) is 2.30. The molecule has 0 saturated carbocycles. The average molecular weight is 254 g/mol. The van der Waals surface area contributed by atoms with Crippen LogP contribution in [0.15, 0.2) is 41.4 Å². The molecule has 0 radical (unpaired) electrons. The smallest absolute Gasteiger partial charge is 0.136 e. The van der Waals surface area contributed by atoms with Crippen molar-refractivity contribution in [3.63, 3.8) is 0 Å². The van der Waals surface area contributed by atoms with Gasteiger partial charge in [0.2, 0.25) is 0 Å². The summed E-state index contributed by atoms with van der Waals surface area (Å²) in [5, 5.41) is 2.56. The van der Waals surface area contributed by atoms with Crippen molar-refractivity contribution in [1.82, 2.24) is 4.90 Å². The van der Waals surface area contributed by atoms with Gasteiger partial charge >= 0.3 is 0 Å². The number of fused-ring (bicyclic) bond motifs is 1. The van der Waals surface area contributed by atoms with Crippen LogP contribution >= 0.6 is 0 Å². The van der Waals surface area contributed by atoms with Crippen molar-refractivity contribution in [3.05, 3.63) is 46.9 Å². The topological polar surface area (TPSA) is 15.6 Å². The van der Waals surface area contributed by atoms with Gasteiger partial charge in [0.15, 0.2) is 0 Å². The van der Waals surface area contributed by atoms with Crippen LogP contribution in [0.4, 0.5) is 0 Å². The van der Waals surface area contributed by atoms with E-state index >= 15 is 0 Å². The number of allylic oxidation sites excluding steroid dienone is 2. The quantitative estimate of drug-likeness (QED) is 0.790. The summed E-state index contributed by atoms with van der Waals surface area (Å²) in [6, 6.07) is 8.55. The first-order valence-electron chi connectivity index (χ1n) is 6.80. The third kappa shape index (κ3) is 2.95. The maximum Gasteiger partial charge on any atom is 0.136 e. The molecule has 0 aromatic heterocycles. The molecule has 1 aromatic carbocycles. The number of hydrogen-bond donors (Lipinski definition) is 0. The Labute approximate surface area is 115 Å². The molecule has 0 saturated heterocycles. The van der Waals surface area contributed by atoms with Crippen LogP contribution in [0.1, 0.15) is 26.7 Å². The summed E-state index contributed by atoms with van der Waals surface area (Å²) in [5.74, 6) is 1.04. The van der Waals surface area contributed by atoms with Crippen LogP contribution in [0.5, 0.6) is 0 Å². The van der Waals surface area contributed by atoms with Crippen LogP contribution in [-0.2, 0) is 0 Å². The molecule has 2 nitrogen and oxygen atoms in total. The zero-order valence-corrected chi connectivity index (χ0v) is 12.3. The number of nitrogens with zero attached hydrogens (tertiary/aromatic N) is 2. The molecule has 1 heterocycles. The molecule has 0 atom stereocenters. The SMILES string of the molecule is CC=CC1=NC(N(C)C)=c2ccccc2=C(C)CC1. The summed E-state index contributed by atoms with van der Waals surface area (Å²) in [6.07, 6.45) is 6.25. The van der Waals surface area contributed by atoms with Crippen LogP contribution in [0, 0.1) is 0 Å². The minimum Gasteiger partial charge on any atom is -0.362 e. The van der Waals surface area contributed by atoms with E-state index in [1.165, 1.54) is 16.0 Å². The van der Waals surface area contributed by atoms with E-state index in [4.69, 9.17) is 4.99 Å². The van der Waals surface area contributed by atoms with Crippen molar-refractivity contribution < 1.29 is 0 Å². The molecule has 0 amide bonds. The molecule has 0 aliphatic carbocycles. The fourth-order valence-electron chi connectivity index (χ4n) is 2.41. The third-order valence-corrected chi connectivity index (χ3v) is 3.42. The lowest BCUT2D eigenvalue weighted by atomic mass is 10.0. The van der Waals surface area contributed by atoms with Crippen LogP contribution in [0.3, 0.4) is 0 Å². The second-order valence-electron chi connectivity index (χ2n) is 5.15. The Bertz CT molecular complexity index is 633. The lowest BCUT2D eigenvalue weighted by Crippen LogP contribution is -2.33. The van der Waals surface area contributed by atoms with Gasteiger partial charge in [-0.1, -0.05) is 35.9 Å². The van der Waals surface area contributed by atoms with Crippen LogP contribution < -0.4 is 10.4 Å². The molecule has 1 aliphatic heterocycles. The minimum absolute atomic E-state index is 1.00. The minimum atomic E-state index is 1.00. The Morgan fingerprint density at radius 2 is 1.79 bits per heavy atom. The highest BCUT2D eigenvalue weighted by Gasteiger charge is 2.08. The van der Waals surface area contributed by atoms with E-state index in [-0.39, 0.29) is 0 Å². The van der Waals surface area contributed by atoms with E-state index in [1.54, 1.807) is 0 Å². The fraction of sp³-hybridized carbons (Fsp3) is 0.353. The molecule has 2 heteroatoms. The van der Waals surface area contributed by atoms with E-state index in [2.05, 4.69) is 62.3 Å². The van der Waals surface area contributed by atoms with Gasteiger partial charge in [-0.25, -0.2) is 4.99 Å². The highest BCUT2D eigenvalue weighted by Crippen LogP contribution is 2.11. The molecule has 0 bridgehead atoms. The van der Waals surface area contributed by atoms with Gasteiger partial charge in [-0.2, -0.15) is 0 Å². The normalized spacial score (nSPS) is 15.9. The molecule has 0 spiro atoms. The zero-order valence-electron chi connectivity index (χ0n) is 12.3. The second-order valence-corrected chi connectivity index (χ2v) is 5.15. The molecule has 0 unspecified atom stereocenters. The summed E-state index contributed by atoms with van der Waals surface area (Å²) in [7, 11) is 4.11. The van der Waals surface area contributed by atoms with Gasteiger partial charge in [0.05, 0.1) is 0 Å². The molecule has 2 rings (SSSR count). The molecule has 0 N–H and O–H groups in total. The van der Waals surface area contributed by atoms with Gasteiger partial charge in [0, 0.05) is 25.0 Å². The van der Waals surface area contributed by atoms with Crippen molar-refractivity contribution in [2.24, 2.45) is 4.99 Å². The van der Waals surface area contributed by atoms with Crippen molar-refractivity contribution in [1.29, 1.82) is 0 Å². The second kappa shape index (κ2) is 5.87. The average Bonchev–Trinajstić information content (AvgIpc) is 2.39. The van der Waals surface area contributed by atoms with Crippen LogP contribution in [-0.4, -0.2) is 24.7 Å². The number of benzene rings is 1. The Hall–Kier alpha value is -1.83. The maximum atomic E-state index is 4.86. The van der Waals surface area contributed by atoms with Crippen LogP contribution in [0.2, 0.25) is 0 Å². The van der Waals surface area contributed by atoms with Gasteiger partial charge in [0.1, 0.15) is 5.82 Å². The first-order valence-corrected chi connectivity index (χ1v) is 6.80. The van der Waals surface area contributed by atoms with E-state index in [1.807, 2.05) is 6.92 Å². The van der Waals surface area contributed by atoms with E-state index in [0.29, 0.717) is 0 Å². The Balaban J connectivity index is 2.82. The first-order chi connectivity index (χ1) is 9.13. The van der Waals surface area contributed by atoms with Gasteiger partial charge < -0.3 is 4.90 Å². The lowest BCUT2D eigenvalue weighted by molar-refractivity contribution is 0.575. The van der Waals surface area contributed by atoms with Crippen LogP contribution in [0.25, 0.3) is 11.4 Å². The van der Waals surface area contributed by atoms with Crippen molar-refractivity contribution in [3.8, 4) is 0 Å². The largest absolute Gasteiger partial charge is 0.362 e. The zero-order chi connectivity index (χ0) is 13.8. The van der Waals surface area contributed by atoms with Crippen molar-refractivity contribution in [2.75, 3.05) is 14.1 Å². The van der Waals surface area contributed by atoms with E-state index < -0.39 is 0 Å². The van der Waals surface area contributed by atoms with Gasteiger partial charge in [-0.15, -0.1) is 0 Å². The van der Waals surface area contributed by atoms with E-state index in [9.17, 15) is 0 Å². The maximum absolute atomic E-state index is 4.86. The number of hydrogen-bond acceptors (Lipinski definition) is 2. The summed E-state index contributed by atoms with van der Waals surface area (Å²) in [4.78, 5) is 6.96. The summed E-state index contributed by atoms with van der Waals surface area (Å²) >= 11 is 0. The lowest BCUT2D eigenvalue weighted by Gasteiger charge is -2.17. The summed E-state index contributed by atoms with van der Waals surface area (Å²) in [6.45, 7) is 4.27. The van der Waals surface area contributed by atoms with Gasteiger partial charge in [0.25, 0.3) is 0 Å². The predicted molar refractivity (Wildman–Crippen MR) is 83.4 cm³/mol. The molecule has 1 aliphatic rings. The molecular weight excluding hydrogens is 232 g/mol. The fourth-order valence-corrected chi connectivity index (χ4v) is 2.41. The summed E-state index contributed by atoms with van der Waals surface area (Å²) in [5.41, 5.74) is 2.59. The molecule has 19 heavy (non-hydrogen) atoms. The highest BCUT2D eigenvalue weighted by atomic mass is 15.2. The molecular formula is C17H22N2. The standard InChI is InChI=1S/C17H22N2/c1-5-8-14-12-11-13(2)15-9-6-7-10-16(15)17(18-14)19(3)4/h5-10H,11-12H2,1-4H3. The molecule has 100 valence electrons. The van der Waals surface area contributed by atoms with Crippen molar-refractivity contribution >= 4 is 17.1 Å². The summed E-state index contributed by atoms with van der Waals surface area (Å²) < 4.78 is 0. The van der Waals surface area contributed by atoms with Crippen molar-refractivity contribution in [2.45, 2.75) is 26.7 Å². The Kier molecular flexibility index (Phi) is 4.20. The Morgan fingerprint density at radius 3 is 2.42 bits per heavy atom. The molecule has 0 fully saturated rings. The monoisotopic (exact) mass is 254 g/mol. The Morgan fingerprint density at radius 1 is 1.11 bits per heavy atom. The first kappa shape index (κ1) is 13.6. The number of aliphatic imine (C=N–C) groups is 1.